The lowest BCUT2D eigenvalue weighted by atomic mass is 10.3. The molecule has 1 aromatic rings. The third kappa shape index (κ3) is 2.64. The van der Waals surface area contributed by atoms with E-state index < -0.39 is 22.2 Å². The molecule has 20 heavy (non-hydrogen) atoms. The first-order valence-corrected chi connectivity index (χ1v) is 7.77. The van der Waals surface area contributed by atoms with Gasteiger partial charge in [0.05, 0.1) is 12.0 Å². The number of rotatable bonds is 5. The van der Waals surface area contributed by atoms with Gasteiger partial charge < -0.3 is 9.47 Å². The summed E-state index contributed by atoms with van der Waals surface area (Å²) >= 11 is 0. The molecule has 1 fully saturated rings. The number of methoxy groups -OCH3 is 1. The molecule has 0 aromatic heterocycles. The van der Waals surface area contributed by atoms with Crippen LogP contribution < -0.4 is 4.74 Å². The summed E-state index contributed by atoms with van der Waals surface area (Å²) in [5, 5.41) is 0. The Morgan fingerprint density at radius 2 is 2.15 bits per heavy atom. The first-order chi connectivity index (χ1) is 9.50. The van der Waals surface area contributed by atoms with Crippen LogP contribution >= 0.6 is 0 Å². The second kappa shape index (κ2) is 5.80. The summed E-state index contributed by atoms with van der Waals surface area (Å²) in [4.78, 5) is 11.9. The van der Waals surface area contributed by atoms with Gasteiger partial charge in [0, 0.05) is 25.5 Å². The van der Waals surface area contributed by atoms with E-state index in [9.17, 15) is 13.2 Å². The predicted molar refractivity (Wildman–Crippen MR) is 71.7 cm³/mol. The first kappa shape index (κ1) is 14.8. The van der Waals surface area contributed by atoms with E-state index in [1.165, 1.54) is 19.2 Å². The van der Waals surface area contributed by atoms with Gasteiger partial charge in [-0.15, -0.1) is 0 Å². The van der Waals surface area contributed by atoms with Gasteiger partial charge in [0.1, 0.15) is 12.0 Å². The van der Waals surface area contributed by atoms with Gasteiger partial charge in [0.2, 0.25) is 5.91 Å². The molecule has 1 saturated heterocycles. The Kier molecular flexibility index (Phi) is 4.29. The van der Waals surface area contributed by atoms with E-state index in [0.717, 1.165) is 4.31 Å². The van der Waals surface area contributed by atoms with Crippen molar-refractivity contribution in [2.24, 2.45) is 0 Å². The van der Waals surface area contributed by atoms with Crippen molar-refractivity contribution in [2.75, 3.05) is 13.7 Å². The highest BCUT2D eigenvalue weighted by Gasteiger charge is 2.41. The fourth-order valence-corrected chi connectivity index (χ4v) is 3.72. The van der Waals surface area contributed by atoms with Crippen LogP contribution in [0.3, 0.4) is 0 Å². The Bertz CT molecular complexity index is 599. The van der Waals surface area contributed by atoms with Crippen molar-refractivity contribution in [1.29, 1.82) is 0 Å². The Balaban J connectivity index is 2.39. The van der Waals surface area contributed by atoms with Crippen molar-refractivity contribution in [3.63, 3.8) is 0 Å². The molecular formula is C13H17NO5S. The van der Waals surface area contributed by atoms with Gasteiger partial charge in [-0.1, -0.05) is 6.07 Å². The normalized spacial score (nSPS) is 19.4. The fraction of sp³-hybridized carbons (Fsp3) is 0.462. The number of hydrogen-bond donors (Lipinski definition) is 0. The number of benzene rings is 1. The molecular weight excluding hydrogens is 282 g/mol. The summed E-state index contributed by atoms with van der Waals surface area (Å²) in [5.41, 5.74) is 0. The summed E-state index contributed by atoms with van der Waals surface area (Å²) in [5.74, 6) is -0.0167. The van der Waals surface area contributed by atoms with Crippen LogP contribution in [0.15, 0.2) is 29.2 Å². The van der Waals surface area contributed by atoms with Crippen LogP contribution in [0, 0.1) is 0 Å². The summed E-state index contributed by atoms with van der Waals surface area (Å²) in [6.07, 6.45) is -0.160. The number of amides is 1. The van der Waals surface area contributed by atoms with Gasteiger partial charge in [-0.2, -0.15) is 0 Å². The highest BCUT2D eigenvalue weighted by molar-refractivity contribution is 7.89. The molecule has 1 heterocycles. The minimum atomic E-state index is -3.91. The van der Waals surface area contributed by atoms with Crippen molar-refractivity contribution in [3.05, 3.63) is 24.3 Å². The lowest BCUT2D eigenvalue weighted by Crippen LogP contribution is -2.40. The zero-order chi connectivity index (χ0) is 14.8. The molecule has 0 aliphatic carbocycles. The molecule has 110 valence electrons. The quantitative estimate of drug-likeness (QED) is 0.821. The topological polar surface area (TPSA) is 72.9 Å². The predicted octanol–water partition coefficient (Wildman–Crippen LogP) is 1.37. The Morgan fingerprint density at radius 1 is 1.40 bits per heavy atom. The van der Waals surface area contributed by atoms with E-state index in [2.05, 4.69) is 0 Å². The smallest absolute Gasteiger partial charge is 0.268 e. The molecule has 7 heteroatoms. The monoisotopic (exact) mass is 299 g/mol. The number of hydrogen-bond acceptors (Lipinski definition) is 5. The highest BCUT2D eigenvalue weighted by atomic mass is 32.2. The maximum atomic E-state index is 12.6. The summed E-state index contributed by atoms with van der Waals surface area (Å²) in [7, 11) is -2.46. The van der Waals surface area contributed by atoms with Crippen molar-refractivity contribution < 1.29 is 22.7 Å². The maximum Gasteiger partial charge on any atom is 0.268 e. The SMILES string of the molecule is CCOC1CCC(=O)N1S(=O)(=O)c1cccc(OC)c1. The number of carbonyl (C=O) groups is 1. The lowest BCUT2D eigenvalue weighted by Gasteiger charge is -2.24. The number of sulfonamides is 1. The zero-order valence-corrected chi connectivity index (χ0v) is 12.2. The van der Waals surface area contributed by atoms with Crippen molar-refractivity contribution >= 4 is 15.9 Å². The van der Waals surface area contributed by atoms with Gasteiger partial charge in [0.15, 0.2) is 0 Å². The first-order valence-electron chi connectivity index (χ1n) is 6.33. The van der Waals surface area contributed by atoms with Crippen LogP contribution in [-0.4, -0.2) is 38.6 Å². The second-order valence-corrected chi connectivity index (χ2v) is 6.14. The second-order valence-electron chi connectivity index (χ2n) is 4.32. The molecule has 1 aliphatic heterocycles. The third-order valence-electron chi connectivity index (χ3n) is 3.07. The zero-order valence-electron chi connectivity index (χ0n) is 11.4. The largest absolute Gasteiger partial charge is 0.497 e. The van der Waals surface area contributed by atoms with Crippen LogP contribution in [-0.2, 0) is 19.6 Å². The molecule has 1 amide bonds. The third-order valence-corrected chi connectivity index (χ3v) is 4.88. The van der Waals surface area contributed by atoms with E-state index >= 15 is 0 Å². The molecule has 6 nitrogen and oxygen atoms in total. The molecule has 0 radical (unpaired) electrons. The number of carbonyl (C=O) groups excluding carboxylic acids is 1. The van der Waals surface area contributed by atoms with Crippen LogP contribution in [0.2, 0.25) is 0 Å². The van der Waals surface area contributed by atoms with Gasteiger partial charge in [-0.05, 0) is 19.1 Å². The molecule has 1 aromatic carbocycles. The van der Waals surface area contributed by atoms with Crippen molar-refractivity contribution in [3.8, 4) is 5.75 Å². The molecule has 1 unspecified atom stereocenters. The van der Waals surface area contributed by atoms with E-state index in [1.54, 1.807) is 19.1 Å². The highest BCUT2D eigenvalue weighted by Crippen LogP contribution is 2.29. The lowest BCUT2D eigenvalue weighted by molar-refractivity contribution is -0.128. The Hall–Kier alpha value is -1.60. The maximum absolute atomic E-state index is 12.6. The molecule has 1 atom stereocenters. The van der Waals surface area contributed by atoms with Gasteiger partial charge in [-0.3, -0.25) is 4.79 Å². The Labute approximate surface area is 118 Å². The minimum Gasteiger partial charge on any atom is -0.497 e. The van der Waals surface area contributed by atoms with Crippen LogP contribution in [0.4, 0.5) is 0 Å². The summed E-state index contributed by atoms with van der Waals surface area (Å²) in [6, 6.07) is 6.04. The van der Waals surface area contributed by atoms with E-state index in [4.69, 9.17) is 9.47 Å². The van der Waals surface area contributed by atoms with E-state index in [0.29, 0.717) is 18.8 Å². The Morgan fingerprint density at radius 3 is 2.80 bits per heavy atom. The number of ether oxygens (including phenoxy) is 2. The standard InChI is InChI=1S/C13H17NO5S/c1-3-19-13-8-7-12(15)14(13)20(16,17)11-6-4-5-10(9-11)18-2/h4-6,9,13H,3,7-8H2,1-2H3. The van der Waals surface area contributed by atoms with Crippen LogP contribution in [0.1, 0.15) is 19.8 Å². The van der Waals surface area contributed by atoms with E-state index in [1.807, 2.05) is 0 Å². The van der Waals surface area contributed by atoms with Crippen molar-refractivity contribution in [2.45, 2.75) is 30.9 Å². The van der Waals surface area contributed by atoms with E-state index in [-0.39, 0.29) is 11.3 Å². The number of nitrogens with zero attached hydrogens (tertiary/aromatic N) is 1. The van der Waals surface area contributed by atoms with Crippen LogP contribution in [0.25, 0.3) is 0 Å². The van der Waals surface area contributed by atoms with Gasteiger partial charge in [-0.25, -0.2) is 12.7 Å². The van der Waals surface area contributed by atoms with Gasteiger partial charge in [0.25, 0.3) is 10.0 Å². The molecule has 2 rings (SSSR count). The molecule has 0 N–H and O–H groups in total. The average Bonchev–Trinajstić information content (AvgIpc) is 2.81. The van der Waals surface area contributed by atoms with Crippen LogP contribution in [0.5, 0.6) is 5.75 Å². The summed E-state index contributed by atoms with van der Waals surface area (Å²) < 4.78 is 36.3. The summed E-state index contributed by atoms with van der Waals surface area (Å²) in [6.45, 7) is 2.11. The fourth-order valence-electron chi connectivity index (χ4n) is 2.14. The van der Waals surface area contributed by atoms with Gasteiger partial charge >= 0.3 is 0 Å². The molecule has 0 bridgehead atoms. The molecule has 1 aliphatic rings. The molecule has 0 saturated carbocycles. The molecule has 0 spiro atoms. The van der Waals surface area contributed by atoms with Crippen molar-refractivity contribution in [1.82, 2.24) is 4.31 Å². The minimum absolute atomic E-state index is 0.0248. The average molecular weight is 299 g/mol.